The first kappa shape index (κ1) is 14.7. The Labute approximate surface area is 88.5 Å². The zero-order valence-electron chi connectivity index (χ0n) is 6.77. The number of halogens is 2. The predicted molar refractivity (Wildman–Crippen MR) is 55.1 cm³/mol. The quantitative estimate of drug-likeness (QED) is 0.766. The molecule has 4 N–H and O–H groups in total. The van der Waals surface area contributed by atoms with Crippen LogP contribution >= 0.6 is 24.8 Å². The number of rotatable bonds is 2. The van der Waals surface area contributed by atoms with E-state index in [-0.39, 0.29) is 24.8 Å². The van der Waals surface area contributed by atoms with Crippen LogP contribution in [0, 0.1) is 0 Å². The van der Waals surface area contributed by atoms with Crippen LogP contribution in [-0.4, -0.2) is 10.9 Å². The Hall–Kier alpha value is -0.840. The van der Waals surface area contributed by atoms with Gasteiger partial charge in [0, 0.05) is 18.9 Å². The summed E-state index contributed by atoms with van der Waals surface area (Å²) in [5.41, 5.74) is 11.5. The number of amides is 1. The summed E-state index contributed by atoms with van der Waals surface area (Å²) >= 11 is 0. The number of carbonyl (C=O) groups is 1. The molecule has 0 saturated heterocycles. The van der Waals surface area contributed by atoms with Crippen molar-refractivity contribution in [2.75, 3.05) is 0 Å². The Morgan fingerprint density at radius 3 is 2.46 bits per heavy atom. The van der Waals surface area contributed by atoms with Crippen LogP contribution in [0.4, 0.5) is 0 Å². The zero-order valence-corrected chi connectivity index (χ0v) is 8.40. The first-order valence-corrected chi connectivity index (χ1v) is 3.18. The monoisotopic (exact) mass is 223 g/mol. The van der Waals surface area contributed by atoms with Gasteiger partial charge in [-0.25, -0.2) is 0 Å². The van der Waals surface area contributed by atoms with E-state index in [1.807, 2.05) is 0 Å². The third kappa shape index (κ3) is 4.07. The van der Waals surface area contributed by atoms with Crippen molar-refractivity contribution in [3.8, 4) is 0 Å². The van der Waals surface area contributed by atoms with Crippen molar-refractivity contribution in [1.29, 1.82) is 0 Å². The Morgan fingerprint density at radius 2 is 2.00 bits per heavy atom. The number of nitrogens with zero attached hydrogens (tertiary/aromatic N) is 1. The van der Waals surface area contributed by atoms with E-state index in [1.54, 1.807) is 12.3 Å². The molecule has 0 saturated carbocycles. The molecule has 0 aromatic carbocycles. The van der Waals surface area contributed by atoms with Crippen LogP contribution in [0.5, 0.6) is 0 Å². The smallest absolute Gasteiger partial charge is 0.250 e. The number of hydrogen-bond acceptors (Lipinski definition) is 3. The van der Waals surface area contributed by atoms with E-state index < -0.39 is 5.91 Å². The van der Waals surface area contributed by atoms with E-state index in [9.17, 15) is 4.79 Å². The molecule has 0 unspecified atom stereocenters. The van der Waals surface area contributed by atoms with Gasteiger partial charge in [-0.05, 0) is 11.6 Å². The van der Waals surface area contributed by atoms with E-state index in [0.29, 0.717) is 12.1 Å². The second-order valence-electron chi connectivity index (χ2n) is 2.15. The molecule has 0 spiro atoms. The van der Waals surface area contributed by atoms with Gasteiger partial charge in [0.1, 0.15) is 0 Å². The standard InChI is InChI=1S/C7H9N3O.2ClH/c8-2-5-1-6(7(9)11)4-10-3-5;;/h1,3-4H,2,8H2,(H2,9,11);2*1H. The highest BCUT2D eigenvalue weighted by molar-refractivity contribution is 5.92. The van der Waals surface area contributed by atoms with Gasteiger partial charge in [0.25, 0.3) is 0 Å². The van der Waals surface area contributed by atoms with E-state index in [1.165, 1.54) is 6.20 Å². The summed E-state index contributed by atoms with van der Waals surface area (Å²) in [6.07, 6.45) is 3.02. The second kappa shape index (κ2) is 6.65. The molecule has 6 heteroatoms. The van der Waals surface area contributed by atoms with Crippen molar-refractivity contribution in [2.45, 2.75) is 6.54 Å². The van der Waals surface area contributed by atoms with Crippen LogP contribution in [0.1, 0.15) is 15.9 Å². The summed E-state index contributed by atoms with van der Waals surface area (Å²) in [5.74, 6) is -0.479. The molecule has 0 aliphatic rings. The highest BCUT2D eigenvalue weighted by atomic mass is 35.5. The fraction of sp³-hybridized carbons (Fsp3) is 0.143. The van der Waals surface area contributed by atoms with Crippen LogP contribution in [0.2, 0.25) is 0 Å². The SMILES string of the molecule is Cl.Cl.NCc1cncc(C(N)=O)c1. The zero-order chi connectivity index (χ0) is 8.27. The van der Waals surface area contributed by atoms with Gasteiger partial charge >= 0.3 is 0 Å². The van der Waals surface area contributed by atoms with E-state index in [4.69, 9.17) is 11.5 Å². The predicted octanol–water partition coefficient (Wildman–Crippen LogP) is 0.483. The van der Waals surface area contributed by atoms with Crippen molar-refractivity contribution >= 4 is 30.7 Å². The molecule has 0 bridgehead atoms. The molecule has 1 aromatic rings. The molecular weight excluding hydrogens is 213 g/mol. The van der Waals surface area contributed by atoms with Crippen molar-refractivity contribution in [1.82, 2.24) is 4.98 Å². The fourth-order valence-corrected chi connectivity index (χ4v) is 0.734. The number of nitrogens with two attached hydrogens (primary N) is 2. The van der Waals surface area contributed by atoms with E-state index in [0.717, 1.165) is 5.56 Å². The number of hydrogen-bond donors (Lipinski definition) is 2. The van der Waals surface area contributed by atoms with Crippen molar-refractivity contribution in [2.24, 2.45) is 11.5 Å². The summed E-state index contributed by atoms with van der Waals surface area (Å²) in [4.78, 5) is 14.4. The van der Waals surface area contributed by atoms with Gasteiger partial charge in [-0.15, -0.1) is 24.8 Å². The summed E-state index contributed by atoms with van der Waals surface area (Å²) in [6.45, 7) is 0.369. The maximum absolute atomic E-state index is 10.6. The lowest BCUT2D eigenvalue weighted by Gasteiger charge is -1.97. The van der Waals surface area contributed by atoms with Gasteiger partial charge in [0.15, 0.2) is 0 Å². The highest BCUT2D eigenvalue weighted by Crippen LogP contribution is 1.99. The van der Waals surface area contributed by atoms with Crippen molar-refractivity contribution in [3.63, 3.8) is 0 Å². The average molecular weight is 224 g/mol. The molecule has 0 aliphatic heterocycles. The summed E-state index contributed by atoms with van der Waals surface area (Å²) < 4.78 is 0. The number of carbonyl (C=O) groups excluding carboxylic acids is 1. The summed E-state index contributed by atoms with van der Waals surface area (Å²) in [5, 5.41) is 0. The lowest BCUT2D eigenvalue weighted by atomic mass is 10.2. The van der Waals surface area contributed by atoms with Crippen LogP contribution in [0.25, 0.3) is 0 Å². The number of aromatic nitrogens is 1. The van der Waals surface area contributed by atoms with Crippen LogP contribution in [0.3, 0.4) is 0 Å². The minimum atomic E-state index is -0.479. The van der Waals surface area contributed by atoms with Gasteiger partial charge in [-0.2, -0.15) is 0 Å². The summed E-state index contributed by atoms with van der Waals surface area (Å²) in [6, 6.07) is 1.63. The Morgan fingerprint density at radius 1 is 1.38 bits per heavy atom. The molecule has 0 radical (unpaired) electrons. The third-order valence-corrected chi connectivity index (χ3v) is 1.32. The maximum atomic E-state index is 10.6. The molecule has 0 aliphatic carbocycles. The van der Waals surface area contributed by atoms with Crippen molar-refractivity contribution in [3.05, 3.63) is 29.6 Å². The first-order valence-electron chi connectivity index (χ1n) is 3.18. The largest absolute Gasteiger partial charge is 0.366 e. The topological polar surface area (TPSA) is 82.0 Å². The Balaban J connectivity index is 0. The first-order chi connectivity index (χ1) is 5.24. The lowest BCUT2D eigenvalue weighted by Crippen LogP contribution is -2.12. The third-order valence-electron chi connectivity index (χ3n) is 1.32. The normalized spacial score (nSPS) is 8.08. The molecule has 0 fully saturated rings. The molecule has 0 atom stereocenters. The molecule has 1 rings (SSSR count). The molecular formula is C7H11Cl2N3O. The van der Waals surface area contributed by atoms with Crippen LogP contribution in [0.15, 0.2) is 18.5 Å². The molecule has 1 heterocycles. The second-order valence-corrected chi connectivity index (χ2v) is 2.15. The minimum absolute atomic E-state index is 0. The highest BCUT2D eigenvalue weighted by Gasteiger charge is 1.99. The number of primary amides is 1. The van der Waals surface area contributed by atoms with E-state index >= 15 is 0 Å². The minimum Gasteiger partial charge on any atom is -0.366 e. The van der Waals surface area contributed by atoms with Crippen molar-refractivity contribution < 1.29 is 4.79 Å². The van der Waals surface area contributed by atoms with Gasteiger partial charge in [-0.3, -0.25) is 9.78 Å². The molecule has 13 heavy (non-hydrogen) atoms. The lowest BCUT2D eigenvalue weighted by molar-refractivity contribution is 0.1000. The van der Waals surface area contributed by atoms with Gasteiger partial charge < -0.3 is 11.5 Å². The Kier molecular flexibility index (Phi) is 7.51. The van der Waals surface area contributed by atoms with Crippen LogP contribution < -0.4 is 11.5 Å². The average Bonchev–Trinajstić information content (AvgIpc) is 2.05. The molecule has 4 nitrogen and oxygen atoms in total. The maximum Gasteiger partial charge on any atom is 0.250 e. The van der Waals surface area contributed by atoms with E-state index in [2.05, 4.69) is 4.98 Å². The Bertz CT molecular complexity index is 280. The van der Waals surface area contributed by atoms with Gasteiger partial charge in [-0.1, -0.05) is 0 Å². The molecule has 1 amide bonds. The summed E-state index contributed by atoms with van der Waals surface area (Å²) in [7, 11) is 0. The molecule has 1 aromatic heterocycles. The number of pyridine rings is 1. The molecule has 74 valence electrons. The van der Waals surface area contributed by atoms with Gasteiger partial charge in [0.2, 0.25) is 5.91 Å². The van der Waals surface area contributed by atoms with Crippen LogP contribution in [-0.2, 0) is 6.54 Å². The van der Waals surface area contributed by atoms with Gasteiger partial charge in [0.05, 0.1) is 5.56 Å². The fourth-order valence-electron chi connectivity index (χ4n) is 0.734.